The van der Waals surface area contributed by atoms with Crippen LogP contribution >= 0.6 is 11.3 Å². The standard InChI is InChI=1S/C17H22N4OS/c1-17(2,12-19-15(22)20-16-18-8-10-23-16)21-9-7-13-5-3-4-6-14(13)11-21/h3-6,8,10H,7,9,11-12H2,1-2H3,(H2,18,19,20,22). The van der Waals surface area contributed by atoms with Crippen molar-refractivity contribution in [2.75, 3.05) is 18.4 Å². The van der Waals surface area contributed by atoms with Crippen LogP contribution in [-0.4, -0.2) is 34.5 Å². The van der Waals surface area contributed by atoms with E-state index in [1.807, 2.05) is 5.38 Å². The van der Waals surface area contributed by atoms with Gasteiger partial charge in [0.25, 0.3) is 0 Å². The fourth-order valence-corrected chi connectivity index (χ4v) is 3.37. The third-order valence-corrected chi connectivity index (χ3v) is 5.01. The monoisotopic (exact) mass is 330 g/mol. The molecule has 122 valence electrons. The number of hydrogen-bond acceptors (Lipinski definition) is 4. The van der Waals surface area contributed by atoms with Gasteiger partial charge in [0, 0.05) is 36.8 Å². The van der Waals surface area contributed by atoms with E-state index >= 15 is 0 Å². The normalized spacial score (nSPS) is 15.0. The summed E-state index contributed by atoms with van der Waals surface area (Å²) in [6.07, 6.45) is 2.74. The summed E-state index contributed by atoms with van der Waals surface area (Å²) in [5.41, 5.74) is 2.72. The molecule has 0 saturated heterocycles. The predicted molar refractivity (Wildman–Crippen MR) is 93.8 cm³/mol. The second-order valence-electron chi connectivity index (χ2n) is 6.40. The van der Waals surface area contributed by atoms with E-state index in [1.165, 1.54) is 22.5 Å². The number of hydrogen-bond donors (Lipinski definition) is 2. The van der Waals surface area contributed by atoms with Crippen molar-refractivity contribution < 1.29 is 4.79 Å². The Kier molecular flexibility index (Phi) is 4.63. The van der Waals surface area contributed by atoms with Gasteiger partial charge in [0.15, 0.2) is 5.13 Å². The van der Waals surface area contributed by atoms with Crippen LogP contribution in [0.15, 0.2) is 35.8 Å². The fourth-order valence-electron chi connectivity index (χ4n) is 2.85. The number of rotatable bonds is 4. The summed E-state index contributed by atoms with van der Waals surface area (Å²) in [6, 6.07) is 8.39. The molecule has 0 aliphatic carbocycles. The molecule has 0 unspecified atom stereocenters. The van der Waals surface area contributed by atoms with Crippen LogP contribution in [0.3, 0.4) is 0 Å². The van der Waals surface area contributed by atoms with Gasteiger partial charge < -0.3 is 5.32 Å². The van der Waals surface area contributed by atoms with Gasteiger partial charge in [0.05, 0.1) is 0 Å². The molecule has 5 nitrogen and oxygen atoms in total. The summed E-state index contributed by atoms with van der Waals surface area (Å²) in [7, 11) is 0. The van der Waals surface area contributed by atoms with Gasteiger partial charge in [-0.25, -0.2) is 9.78 Å². The lowest BCUT2D eigenvalue weighted by molar-refractivity contribution is 0.105. The van der Waals surface area contributed by atoms with Crippen LogP contribution < -0.4 is 10.6 Å². The number of carbonyl (C=O) groups excluding carboxylic acids is 1. The second kappa shape index (κ2) is 6.68. The third-order valence-electron chi connectivity index (χ3n) is 4.32. The highest BCUT2D eigenvalue weighted by molar-refractivity contribution is 7.13. The number of amides is 2. The molecule has 2 aromatic rings. The number of thiazole rings is 1. The highest BCUT2D eigenvalue weighted by atomic mass is 32.1. The molecule has 2 N–H and O–H groups in total. The summed E-state index contributed by atoms with van der Waals surface area (Å²) < 4.78 is 0. The number of carbonyl (C=O) groups is 1. The van der Waals surface area contributed by atoms with Crippen molar-refractivity contribution in [3.63, 3.8) is 0 Å². The van der Waals surface area contributed by atoms with Gasteiger partial charge in [0.1, 0.15) is 0 Å². The van der Waals surface area contributed by atoms with Crippen molar-refractivity contribution in [3.05, 3.63) is 47.0 Å². The Balaban J connectivity index is 1.56. The van der Waals surface area contributed by atoms with Crippen LogP contribution in [0.5, 0.6) is 0 Å². The van der Waals surface area contributed by atoms with E-state index in [2.05, 4.69) is 58.6 Å². The first-order valence-electron chi connectivity index (χ1n) is 7.81. The molecule has 23 heavy (non-hydrogen) atoms. The van der Waals surface area contributed by atoms with E-state index in [9.17, 15) is 4.79 Å². The van der Waals surface area contributed by atoms with E-state index in [0.29, 0.717) is 11.7 Å². The molecule has 0 spiro atoms. The molecule has 2 heterocycles. The molecule has 0 saturated carbocycles. The molecule has 1 aromatic heterocycles. The van der Waals surface area contributed by atoms with E-state index < -0.39 is 0 Å². The van der Waals surface area contributed by atoms with Gasteiger partial charge in [-0.15, -0.1) is 11.3 Å². The third kappa shape index (κ3) is 3.89. The molecule has 0 radical (unpaired) electrons. The zero-order chi connectivity index (χ0) is 16.3. The van der Waals surface area contributed by atoms with E-state index in [0.717, 1.165) is 19.5 Å². The lowest BCUT2D eigenvalue weighted by Crippen LogP contribution is -2.53. The lowest BCUT2D eigenvalue weighted by Gasteiger charge is -2.41. The van der Waals surface area contributed by atoms with Gasteiger partial charge in [-0.05, 0) is 31.4 Å². The van der Waals surface area contributed by atoms with Crippen molar-refractivity contribution in [1.29, 1.82) is 0 Å². The highest BCUT2D eigenvalue weighted by Crippen LogP contribution is 2.24. The van der Waals surface area contributed by atoms with Gasteiger partial charge in [-0.3, -0.25) is 10.2 Å². The minimum absolute atomic E-state index is 0.103. The van der Waals surface area contributed by atoms with Crippen LogP contribution in [-0.2, 0) is 13.0 Å². The molecular formula is C17H22N4OS. The van der Waals surface area contributed by atoms with E-state index in [1.54, 1.807) is 6.20 Å². The number of nitrogens with zero attached hydrogens (tertiary/aromatic N) is 2. The largest absolute Gasteiger partial charge is 0.336 e. The van der Waals surface area contributed by atoms with Gasteiger partial charge in [0.2, 0.25) is 0 Å². The summed E-state index contributed by atoms with van der Waals surface area (Å²) in [4.78, 5) is 18.4. The first-order valence-corrected chi connectivity index (χ1v) is 8.69. The van der Waals surface area contributed by atoms with Crippen LogP contribution in [0, 0.1) is 0 Å². The summed E-state index contributed by atoms with van der Waals surface area (Å²) in [5.74, 6) is 0. The highest BCUT2D eigenvalue weighted by Gasteiger charge is 2.30. The molecule has 0 fully saturated rings. The molecule has 1 aromatic carbocycles. The Hall–Kier alpha value is -1.92. The topological polar surface area (TPSA) is 57.3 Å². The fraction of sp³-hybridized carbons (Fsp3) is 0.412. The number of aromatic nitrogens is 1. The smallest absolute Gasteiger partial charge is 0.321 e. The number of fused-ring (bicyclic) bond motifs is 1. The van der Waals surface area contributed by atoms with Crippen molar-refractivity contribution in [2.45, 2.75) is 32.4 Å². The zero-order valence-corrected chi connectivity index (χ0v) is 14.3. The van der Waals surface area contributed by atoms with Gasteiger partial charge in [-0.2, -0.15) is 0 Å². The number of benzene rings is 1. The van der Waals surface area contributed by atoms with Gasteiger partial charge in [-0.1, -0.05) is 24.3 Å². The Morgan fingerprint density at radius 1 is 1.35 bits per heavy atom. The average molecular weight is 330 g/mol. The predicted octanol–water partition coefficient (Wildman–Crippen LogP) is 3.10. The van der Waals surface area contributed by atoms with Crippen LogP contribution in [0.25, 0.3) is 0 Å². The Morgan fingerprint density at radius 2 is 2.13 bits per heavy atom. The quantitative estimate of drug-likeness (QED) is 0.906. The Bertz CT molecular complexity index is 669. The minimum Gasteiger partial charge on any atom is -0.336 e. The maximum atomic E-state index is 12.0. The molecule has 3 rings (SSSR count). The average Bonchev–Trinajstić information content (AvgIpc) is 3.05. The molecule has 0 atom stereocenters. The van der Waals surface area contributed by atoms with Crippen molar-refractivity contribution in [2.24, 2.45) is 0 Å². The Labute approximate surface area is 140 Å². The molecule has 1 aliphatic heterocycles. The first-order chi connectivity index (χ1) is 11.0. The molecule has 2 amide bonds. The molecule has 1 aliphatic rings. The zero-order valence-electron chi connectivity index (χ0n) is 13.5. The molecule has 0 bridgehead atoms. The van der Waals surface area contributed by atoms with Gasteiger partial charge >= 0.3 is 6.03 Å². The van der Waals surface area contributed by atoms with Crippen molar-refractivity contribution >= 4 is 22.5 Å². The van der Waals surface area contributed by atoms with Crippen molar-refractivity contribution in [3.8, 4) is 0 Å². The van der Waals surface area contributed by atoms with Crippen LogP contribution in [0.1, 0.15) is 25.0 Å². The van der Waals surface area contributed by atoms with E-state index in [-0.39, 0.29) is 11.6 Å². The van der Waals surface area contributed by atoms with Crippen LogP contribution in [0.2, 0.25) is 0 Å². The maximum absolute atomic E-state index is 12.0. The van der Waals surface area contributed by atoms with E-state index in [4.69, 9.17) is 0 Å². The first kappa shape index (κ1) is 16.0. The lowest BCUT2D eigenvalue weighted by atomic mass is 9.94. The Morgan fingerprint density at radius 3 is 2.87 bits per heavy atom. The molecular weight excluding hydrogens is 308 g/mol. The summed E-state index contributed by atoms with van der Waals surface area (Å²) in [5, 5.41) is 8.17. The van der Waals surface area contributed by atoms with Crippen LogP contribution in [0.4, 0.5) is 9.93 Å². The minimum atomic E-state index is -0.203. The SMILES string of the molecule is CC(C)(CNC(=O)Nc1nccs1)N1CCc2ccccc2C1. The second-order valence-corrected chi connectivity index (χ2v) is 7.29. The van der Waals surface area contributed by atoms with Crippen molar-refractivity contribution in [1.82, 2.24) is 15.2 Å². The number of urea groups is 1. The summed E-state index contributed by atoms with van der Waals surface area (Å²) >= 11 is 1.41. The maximum Gasteiger partial charge on any atom is 0.321 e. The number of nitrogens with one attached hydrogen (secondary N) is 2. The summed E-state index contributed by atoms with van der Waals surface area (Å²) in [6.45, 7) is 6.88. The number of anilines is 1. The molecule has 6 heteroatoms.